The monoisotopic (exact) mass is 1680 g/mol. The topological polar surface area (TPSA) is 296 Å². The minimum Gasteiger partial charge on any atom is -0.493 e. The molecular weight excluding hydrogens is 1520 g/mol. The Morgan fingerprint density at radius 2 is 0.617 bits per heavy atom. The van der Waals surface area contributed by atoms with Gasteiger partial charge in [0.25, 0.3) is 0 Å². The summed E-state index contributed by atoms with van der Waals surface area (Å²) in [5, 5.41) is 0. The quantitative estimate of drug-likeness (QED) is 0.0303. The minimum atomic E-state index is -2.63. The number of ether oxygens (including phenoxy) is 12. The molecule has 8 aliphatic heterocycles. The van der Waals surface area contributed by atoms with Crippen LogP contribution in [0.15, 0.2) is 48.5 Å². The van der Waals surface area contributed by atoms with Crippen molar-refractivity contribution in [2.75, 3.05) is 109 Å². The van der Waals surface area contributed by atoms with Crippen LogP contribution in [-0.4, -0.2) is 201 Å². The predicted molar refractivity (Wildman–Crippen MR) is 471 cm³/mol. The number of hydrogen-bond donors (Lipinski definition) is 4. The normalized spacial score (nSPS) is 29.0. The summed E-state index contributed by atoms with van der Waals surface area (Å²) in [6.07, 6.45) is 4.27. The molecule has 24 heteroatoms. The Kier molecular flexibility index (Phi) is 29.7. The molecule has 4 aromatic rings. The highest BCUT2D eigenvalue weighted by atomic mass is 16.6. The van der Waals surface area contributed by atoms with Crippen LogP contribution < -0.4 is 60.8 Å². The summed E-state index contributed by atoms with van der Waals surface area (Å²) >= 11 is 0. The van der Waals surface area contributed by atoms with Gasteiger partial charge in [-0.3, -0.25) is 38.8 Å². The van der Waals surface area contributed by atoms with Crippen LogP contribution >= 0.6 is 0 Å². The first-order valence-corrected chi connectivity index (χ1v) is 43.7. The summed E-state index contributed by atoms with van der Waals surface area (Å²) in [6.45, 7) is 37.4. The van der Waals surface area contributed by atoms with Crippen LogP contribution in [0.4, 0.5) is 0 Å². The summed E-state index contributed by atoms with van der Waals surface area (Å²) < 4.78 is 157. The van der Waals surface area contributed by atoms with Crippen LogP contribution in [-0.2, 0) is 63.8 Å². The molecule has 8 N–H and O–H groups in total. The number of methoxy groups -OCH3 is 8. The van der Waals surface area contributed by atoms with Crippen molar-refractivity contribution in [1.29, 1.82) is 0 Å². The fourth-order valence-corrected chi connectivity index (χ4v) is 18.3. The van der Waals surface area contributed by atoms with Gasteiger partial charge >= 0.3 is 23.9 Å². The third-order valence-electron chi connectivity index (χ3n) is 25.2. The van der Waals surface area contributed by atoms with Crippen LogP contribution in [0.5, 0.6) is 46.0 Å². The summed E-state index contributed by atoms with van der Waals surface area (Å²) in [6, 6.07) is 9.23. The van der Waals surface area contributed by atoms with Crippen molar-refractivity contribution in [2.24, 2.45) is 93.9 Å². The van der Waals surface area contributed by atoms with Crippen LogP contribution in [0.25, 0.3) is 0 Å². The second-order valence-electron chi connectivity index (χ2n) is 37.0. The second-order valence-corrected chi connectivity index (χ2v) is 37.0. The first kappa shape index (κ1) is 81.2. The zero-order chi connectivity index (χ0) is 97.6. The van der Waals surface area contributed by atoms with Gasteiger partial charge in [0.15, 0.2) is 46.0 Å². The molecule has 4 fully saturated rings. The molecule has 0 aromatic heterocycles. The minimum absolute atomic E-state index is 0.00690. The van der Waals surface area contributed by atoms with Crippen molar-refractivity contribution >= 4 is 23.9 Å². The van der Waals surface area contributed by atoms with Crippen LogP contribution in [0.3, 0.4) is 0 Å². The van der Waals surface area contributed by atoms with E-state index in [0.29, 0.717) is 97.6 Å². The maximum Gasteiger partial charge on any atom is 0.323 e. The standard InChI is InChI=1S/4C24H38N2O4/c4*1-14(2)9-17-13-26-8-7-16-10-21(28-5)22(29-6)11-18(16)19(26)12-20(17)30-24(27)23(25)15(3)4/h4*10-11,14-15,17,19-20,23H,7-9,12-13,25H2,1-6H3/t4*17?,19?,20?,23-/m0000/s1/i5D3,15D,19D;5D3,20D;20D;19D. The number of fused-ring (bicyclic) bond motifs is 12. The Hall–Kier alpha value is -7.16. The SMILES string of the molecule is [2H]C([2H])([2H])Oc1cc2c(cc1OC)C1([2H])CC(OC(=O)[C@@H](N)C([2H])(C)C)C(CC(C)C)CN1CC2.[2H]C([2H])([2H])Oc1cc2c(cc1OC)C1CC([2H])(OC(=O)[C@@H](N)C(C)C)C(CC(C)C)CN1CC2.[2H]C1(OC(=O)[C@@H](N)C(C)C)CC2c3cc(OC)c(OC)cc3CCN2CC1CC(C)C.[2H]C12CC(OC(=O)[C@@H](N)C(C)C)C(CC(C)C)CN1CCc1cc(OC)c(OC)cc12. The maximum absolute atomic E-state index is 12.8. The molecule has 0 aliphatic carbocycles. The van der Waals surface area contributed by atoms with Crippen LogP contribution in [0.2, 0.25) is 0 Å². The highest BCUT2D eigenvalue weighted by Crippen LogP contribution is 2.50. The lowest BCUT2D eigenvalue weighted by Gasteiger charge is -2.47. The zero-order valence-electron chi connectivity index (χ0n) is 86.9. The van der Waals surface area contributed by atoms with Gasteiger partial charge in [-0.1, -0.05) is 111 Å². The van der Waals surface area contributed by atoms with E-state index in [2.05, 4.69) is 75.0 Å². The summed E-state index contributed by atoms with van der Waals surface area (Å²) in [5.74, 6) is 1.85. The number of carbonyl (C=O) groups is 4. The zero-order valence-corrected chi connectivity index (χ0v) is 75.9. The van der Waals surface area contributed by atoms with Crippen molar-refractivity contribution in [1.82, 2.24) is 19.6 Å². The van der Waals surface area contributed by atoms with E-state index in [4.69, 9.17) is 89.4 Å². The van der Waals surface area contributed by atoms with Gasteiger partial charge in [0.05, 0.1) is 70.4 Å². The first-order chi connectivity index (χ1) is 61.0. The third-order valence-corrected chi connectivity index (χ3v) is 25.2. The molecule has 4 aromatic carbocycles. The lowest BCUT2D eigenvalue weighted by molar-refractivity contribution is -0.161. The molecule has 8 aliphatic rings. The number of rotatable bonds is 28. The molecule has 24 nitrogen and oxygen atoms in total. The highest BCUT2D eigenvalue weighted by Gasteiger charge is 2.47. The van der Waals surface area contributed by atoms with Gasteiger partial charge in [0.2, 0.25) is 0 Å². The molecule has 4 saturated heterocycles. The molecule has 120 heavy (non-hydrogen) atoms. The van der Waals surface area contributed by atoms with E-state index < -0.39 is 92.3 Å². The molecule has 12 unspecified atom stereocenters. The van der Waals surface area contributed by atoms with E-state index in [1.807, 2.05) is 65.8 Å². The lowest BCUT2D eigenvalue weighted by Crippen LogP contribution is -2.51. The van der Waals surface area contributed by atoms with E-state index in [9.17, 15) is 24.7 Å². The van der Waals surface area contributed by atoms with E-state index in [1.54, 1.807) is 66.6 Å². The van der Waals surface area contributed by atoms with Crippen LogP contribution in [0, 0.1) is 71.0 Å². The average molecular weight is 1690 g/mol. The number of carbonyl (C=O) groups excluding carboxylic acids is 4. The summed E-state index contributed by atoms with van der Waals surface area (Å²) in [4.78, 5) is 60.2. The fourth-order valence-electron chi connectivity index (χ4n) is 18.3. The van der Waals surface area contributed by atoms with E-state index in [0.717, 1.165) is 117 Å². The van der Waals surface area contributed by atoms with E-state index >= 15 is 0 Å². The van der Waals surface area contributed by atoms with Gasteiger partial charge < -0.3 is 79.8 Å². The number of nitrogens with two attached hydrogens (primary N) is 4. The van der Waals surface area contributed by atoms with Gasteiger partial charge in [0.1, 0.15) is 48.5 Å². The molecule has 0 spiro atoms. The Balaban J connectivity index is 0.000000197. The molecule has 0 amide bonds. The summed E-state index contributed by atoms with van der Waals surface area (Å²) in [7, 11) is 4.20. The van der Waals surface area contributed by atoms with Crippen molar-refractivity contribution < 1.29 is 91.1 Å². The molecule has 0 radical (unpaired) electrons. The first-order valence-electron chi connectivity index (χ1n) is 49.2. The highest BCUT2D eigenvalue weighted by molar-refractivity contribution is 5.77. The Morgan fingerprint density at radius 1 is 0.358 bits per heavy atom. The Morgan fingerprint density at radius 3 is 0.908 bits per heavy atom. The maximum atomic E-state index is 12.8. The van der Waals surface area contributed by atoms with Crippen LogP contribution in [0.1, 0.15) is 246 Å². The molecule has 8 heterocycles. The number of benzene rings is 4. The number of piperidine rings is 4. The molecule has 0 bridgehead atoms. The molecule has 672 valence electrons. The lowest BCUT2D eigenvalue weighted by atomic mass is 9.79. The molecule has 16 atom stereocenters. The second kappa shape index (κ2) is 43.9. The van der Waals surface area contributed by atoms with E-state index in [-0.39, 0.29) is 89.3 Å². The van der Waals surface area contributed by atoms with Crippen molar-refractivity contribution in [3.63, 3.8) is 0 Å². The van der Waals surface area contributed by atoms with Gasteiger partial charge in [-0.15, -0.1) is 0 Å². The smallest absolute Gasteiger partial charge is 0.323 e. The van der Waals surface area contributed by atoms with Gasteiger partial charge in [-0.2, -0.15) is 0 Å². The number of esters is 4. The molecule has 12 rings (SSSR count). The fraction of sp³-hybridized carbons (Fsp3) is 0.708. The van der Waals surface area contributed by atoms with Crippen molar-refractivity contribution in [2.45, 2.75) is 260 Å². The number of hydrogen-bond acceptors (Lipinski definition) is 24. The van der Waals surface area contributed by atoms with Crippen molar-refractivity contribution in [3.8, 4) is 46.0 Å². The summed E-state index contributed by atoms with van der Waals surface area (Å²) in [5.41, 5.74) is 31.9. The predicted octanol–water partition coefficient (Wildman–Crippen LogP) is 14.3. The largest absolute Gasteiger partial charge is 0.493 e. The molecule has 0 saturated carbocycles. The third kappa shape index (κ3) is 23.8. The average Bonchev–Trinajstić information content (AvgIpc) is 0.744. The Labute approximate surface area is 734 Å². The Bertz CT molecular complexity index is 4540. The van der Waals surface area contributed by atoms with Gasteiger partial charge in [0, 0.05) is 127 Å². The van der Waals surface area contributed by atoms with Crippen molar-refractivity contribution in [3.05, 3.63) is 93.0 Å². The van der Waals surface area contributed by atoms with E-state index in [1.165, 1.54) is 19.8 Å². The van der Waals surface area contributed by atoms with Gasteiger partial charge in [-0.05, 0) is 192 Å². The van der Waals surface area contributed by atoms with Gasteiger partial charge in [-0.25, -0.2) is 0 Å². The number of nitrogens with zero attached hydrogens (tertiary/aromatic N) is 4. The molecular formula is C96H152N8O16.